The lowest BCUT2D eigenvalue weighted by Gasteiger charge is -2.05. The van der Waals surface area contributed by atoms with Crippen molar-refractivity contribution in [1.29, 1.82) is 0 Å². The van der Waals surface area contributed by atoms with Crippen molar-refractivity contribution in [3.8, 4) is 0 Å². The summed E-state index contributed by atoms with van der Waals surface area (Å²) in [4.78, 5) is 11.4. The van der Waals surface area contributed by atoms with Crippen molar-refractivity contribution in [2.45, 2.75) is 90.4 Å². The molecule has 120 valence electrons. The minimum absolute atomic E-state index is 0.0271. The van der Waals surface area contributed by atoms with E-state index in [1.165, 1.54) is 44.9 Å². The molecule has 0 aromatic carbocycles. The highest BCUT2D eigenvalue weighted by atomic mass is 16.5. The van der Waals surface area contributed by atoms with E-state index in [2.05, 4.69) is 6.92 Å². The van der Waals surface area contributed by atoms with Gasteiger partial charge in [-0.3, -0.25) is 4.79 Å². The van der Waals surface area contributed by atoms with Gasteiger partial charge in [-0.2, -0.15) is 0 Å². The van der Waals surface area contributed by atoms with E-state index in [0.717, 1.165) is 38.6 Å². The highest BCUT2D eigenvalue weighted by molar-refractivity contribution is 5.69. The average Bonchev–Trinajstić information content (AvgIpc) is 2.45. The quantitative estimate of drug-likeness (QED) is 0.354. The first-order valence-corrected chi connectivity index (χ1v) is 8.67. The van der Waals surface area contributed by atoms with Gasteiger partial charge in [-0.25, -0.2) is 0 Å². The summed E-state index contributed by atoms with van der Waals surface area (Å²) in [5.41, 5.74) is 5.40. The summed E-state index contributed by atoms with van der Waals surface area (Å²) in [7, 11) is 0. The van der Waals surface area contributed by atoms with Gasteiger partial charge < -0.3 is 10.5 Å². The van der Waals surface area contributed by atoms with Crippen LogP contribution < -0.4 is 5.73 Å². The maximum atomic E-state index is 11.4. The number of carbonyl (C=O) groups excluding carboxylic acids is 1. The Morgan fingerprint density at radius 2 is 1.35 bits per heavy atom. The molecule has 20 heavy (non-hydrogen) atoms. The van der Waals surface area contributed by atoms with E-state index in [1.54, 1.807) is 0 Å². The summed E-state index contributed by atoms with van der Waals surface area (Å²) in [5.74, 6) is -0.0271. The zero-order valence-electron chi connectivity index (χ0n) is 13.5. The van der Waals surface area contributed by atoms with Crippen molar-refractivity contribution in [1.82, 2.24) is 0 Å². The summed E-state index contributed by atoms with van der Waals surface area (Å²) in [6.07, 6.45) is 15.1. The van der Waals surface area contributed by atoms with E-state index in [-0.39, 0.29) is 5.97 Å². The highest BCUT2D eigenvalue weighted by Crippen LogP contribution is 2.10. The third-order valence-electron chi connectivity index (χ3n) is 3.60. The van der Waals surface area contributed by atoms with Crippen LogP contribution in [0.1, 0.15) is 90.4 Å². The molecule has 0 rings (SSSR count). The number of esters is 1. The first-order chi connectivity index (χ1) is 9.81. The smallest absolute Gasteiger partial charge is 0.305 e. The van der Waals surface area contributed by atoms with Gasteiger partial charge in [0.2, 0.25) is 0 Å². The van der Waals surface area contributed by atoms with Crippen LogP contribution in [0, 0.1) is 0 Å². The van der Waals surface area contributed by atoms with E-state index in [9.17, 15) is 4.79 Å². The normalized spacial score (nSPS) is 10.7. The van der Waals surface area contributed by atoms with Gasteiger partial charge in [-0.1, -0.05) is 58.3 Å². The van der Waals surface area contributed by atoms with Crippen LogP contribution in [0.3, 0.4) is 0 Å². The van der Waals surface area contributed by atoms with Crippen LogP contribution in [0.5, 0.6) is 0 Å². The summed E-state index contributed by atoms with van der Waals surface area (Å²) >= 11 is 0. The Hall–Kier alpha value is -0.570. The molecular weight excluding hydrogens is 250 g/mol. The summed E-state index contributed by atoms with van der Waals surface area (Å²) in [5, 5.41) is 0. The van der Waals surface area contributed by atoms with Crippen molar-refractivity contribution in [2.24, 2.45) is 5.73 Å². The lowest BCUT2D eigenvalue weighted by molar-refractivity contribution is -0.143. The molecule has 0 radical (unpaired) electrons. The van der Waals surface area contributed by atoms with Gasteiger partial charge in [-0.05, 0) is 32.2 Å². The Bertz CT molecular complexity index is 207. The molecule has 0 bridgehead atoms. The zero-order chi connectivity index (χ0) is 14.9. The van der Waals surface area contributed by atoms with Gasteiger partial charge >= 0.3 is 5.97 Å². The largest absolute Gasteiger partial charge is 0.466 e. The standard InChI is InChI=1S/C17H35NO2/c1-2-3-4-5-6-7-8-9-11-14-17(19)20-16-13-10-12-15-18/h2-16,18H2,1H3. The predicted molar refractivity (Wildman–Crippen MR) is 85.7 cm³/mol. The second kappa shape index (κ2) is 16.5. The summed E-state index contributed by atoms with van der Waals surface area (Å²) in [6.45, 7) is 3.54. The van der Waals surface area contributed by atoms with Crippen LogP contribution in [-0.4, -0.2) is 19.1 Å². The van der Waals surface area contributed by atoms with E-state index < -0.39 is 0 Å². The topological polar surface area (TPSA) is 52.3 Å². The van der Waals surface area contributed by atoms with Crippen molar-refractivity contribution in [3.63, 3.8) is 0 Å². The zero-order valence-corrected chi connectivity index (χ0v) is 13.5. The molecule has 0 amide bonds. The minimum Gasteiger partial charge on any atom is -0.466 e. The molecule has 0 saturated heterocycles. The second-order valence-corrected chi connectivity index (χ2v) is 5.65. The number of unbranched alkanes of at least 4 members (excludes halogenated alkanes) is 10. The number of ether oxygens (including phenoxy) is 1. The molecule has 0 atom stereocenters. The molecular formula is C17H35NO2. The average molecular weight is 285 g/mol. The third-order valence-corrected chi connectivity index (χ3v) is 3.60. The molecule has 0 heterocycles. The molecule has 0 spiro atoms. The molecule has 0 aliphatic heterocycles. The van der Waals surface area contributed by atoms with Crippen LogP contribution in [0.25, 0.3) is 0 Å². The Labute approximate surface area is 125 Å². The summed E-state index contributed by atoms with van der Waals surface area (Å²) < 4.78 is 5.18. The fourth-order valence-electron chi connectivity index (χ4n) is 2.26. The number of rotatable bonds is 15. The predicted octanol–water partition coefficient (Wildman–Crippen LogP) is 4.58. The first-order valence-electron chi connectivity index (χ1n) is 8.67. The van der Waals surface area contributed by atoms with Gasteiger partial charge in [0.15, 0.2) is 0 Å². The van der Waals surface area contributed by atoms with Crippen LogP contribution in [0.2, 0.25) is 0 Å². The van der Waals surface area contributed by atoms with Gasteiger partial charge in [0.1, 0.15) is 0 Å². The maximum Gasteiger partial charge on any atom is 0.305 e. The van der Waals surface area contributed by atoms with E-state index in [1.807, 2.05) is 0 Å². The van der Waals surface area contributed by atoms with E-state index in [4.69, 9.17) is 10.5 Å². The molecule has 3 nitrogen and oxygen atoms in total. The fourth-order valence-corrected chi connectivity index (χ4v) is 2.26. The van der Waals surface area contributed by atoms with Crippen LogP contribution >= 0.6 is 0 Å². The third kappa shape index (κ3) is 15.5. The monoisotopic (exact) mass is 285 g/mol. The summed E-state index contributed by atoms with van der Waals surface area (Å²) in [6, 6.07) is 0. The fraction of sp³-hybridized carbons (Fsp3) is 0.941. The van der Waals surface area contributed by atoms with Crippen LogP contribution in [-0.2, 0) is 9.53 Å². The maximum absolute atomic E-state index is 11.4. The molecule has 3 heteroatoms. The molecule has 0 aliphatic carbocycles. The molecule has 2 N–H and O–H groups in total. The van der Waals surface area contributed by atoms with Gasteiger partial charge in [0.05, 0.1) is 6.61 Å². The minimum atomic E-state index is -0.0271. The van der Waals surface area contributed by atoms with Crippen molar-refractivity contribution in [2.75, 3.05) is 13.2 Å². The Balaban J connectivity index is 3.11. The van der Waals surface area contributed by atoms with E-state index >= 15 is 0 Å². The van der Waals surface area contributed by atoms with Gasteiger partial charge in [0, 0.05) is 6.42 Å². The molecule has 0 saturated carbocycles. The number of nitrogens with two attached hydrogens (primary N) is 1. The van der Waals surface area contributed by atoms with Gasteiger partial charge in [-0.15, -0.1) is 0 Å². The lowest BCUT2D eigenvalue weighted by Crippen LogP contribution is -2.06. The SMILES string of the molecule is CCCCCCCCCCCC(=O)OCCCCCN. The highest BCUT2D eigenvalue weighted by Gasteiger charge is 2.02. The van der Waals surface area contributed by atoms with Crippen molar-refractivity contribution < 1.29 is 9.53 Å². The van der Waals surface area contributed by atoms with Crippen LogP contribution in [0.15, 0.2) is 0 Å². The Kier molecular flexibility index (Phi) is 16.0. The molecule has 0 unspecified atom stereocenters. The van der Waals surface area contributed by atoms with Crippen molar-refractivity contribution in [3.05, 3.63) is 0 Å². The van der Waals surface area contributed by atoms with Crippen molar-refractivity contribution >= 4 is 5.97 Å². The second-order valence-electron chi connectivity index (χ2n) is 5.65. The Morgan fingerprint density at radius 3 is 1.95 bits per heavy atom. The number of hydrogen-bond acceptors (Lipinski definition) is 3. The molecule has 0 aromatic rings. The van der Waals surface area contributed by atoms with E-state index in [0.29, 0.717) is 13.0 Å². The first kappa shape index (κ1) is 19.4. The number of hydrogen-bond donors (Lipinski definition) is 1. The lowest BCUT2D eigenvalue weighted by atomic mass is 10.1. The van der Waals surface area contributed by atoms with Crippen LogP contribution in [0.4, 0.5) is 0 Å². The molecule has 0 aromatic heterocycles. The van der Waals surface area contributed by atoms with Gasteiger partial charge in [0.25, 0.3) is 0 Å². The molecule has 0 aliphatic rings. The molecule has 0 fully saturated rings. The number of carbonyl (C=O) groups is 1. The Morgan fingerprint density at radius 1 is 0.800 bits per heavy atom.